The van der Waals surface area contributed by atoms with Gasteiger partial charge in [0.2, 0.25) is 11.1 Å². The normalized spacial score (nSPS) is 14.3. The molecule has 0 radical (unpaired) electrons. The minimum Gasteiger partial charge on any atom is -0.493 e. The zero-order valence-corrected chi connectivity index (χ0v) is 26.9. The Kier molecular flexibility index (Phi) is 8.93. The third-order valence-corrected chi connectivity index (χ3v) is 8.58. The lowest BCUT2D eigenvalue weighted by molar-refractivity contribution is -0.113. The number of halogens is 1. The Balaban J connectivity index is 1.56. The van der Waals surface area contributed by atoms with E-state index < -0.39 is 6.04 Å². The molecule has 1 aliphatic rings. The Hall–Kier alpha value is -3.76. The van der Waals surface area contributed by atoms with E-state index in [0.29, 0.717) is 45.0 Å². The molecule has 10 heteroatoms. The van der Waals surface area contributed by atoms with Crippen molar-refractivity contribution < 1.29 is 14.3 Å². The number of nitrogens with zero attached hydrogens (tertiary/aromatic N) is 3. The molecule has 0 fully saturated rings. The van der Waals surface area contributed by atoms with Crippen LogP contribution in [0.4, 0.5) is 11.6 Å². The number of rotatable bonds is 9. The fraction of sp³-hybridized carbons (Fsp3) is 0.281. The number of anilines is 2. The zero-order valence-electron chi connectivity index (χ0n) is 24.5. The van der Waals surface area contributed by atoms with E-state index in [-0.39, 0.29) is 5.91 Å². The lowest BCUT2D eigenvalue weighted by Crippen LogP contribution is -2.31. The van der Waals surface area contributed by atoms with Crippen LogP contribution in [0.15, 0.2) is 75.5 Å². The second-order valence-electron chi connectivity index (χ2n) is 10.2. The number of allylic oxidation sites excluding steroid dienone is 1. The highest BCUT2D eigenvalue weighted by atomic mass is 79.9. The van der Waals surface area contributed by atoms with Crippen LogP contribution in [0, 0.1) is 20.8 Å². The van der Waals surface area contributed by atoms with Gasteiger partial charge in [0, 0.05) is 11.4 Å². The number of hydrogen-bond acceptors (Lipinski definition) is 7. The first kappa shape index (κ1) is 29.7. The number of benzene rings is 3. The van der Waals surface area contributed by atoms with Crippen LogP contribution in [0.3, 0.4) is 0 Å². The summed E-state index contributed by atoms with van der Waals surface area (Å²) in [6.07, 6.45) is 0. The van der Waals surface area contributed by atoms with Crippen molar-refractivity contribution in [3.63, 3.8) is 0 Å². The van der Waals surface area contributed by atoms with Gasteiger partial charge in [0.25, 0.3) is 5.91 Å². The van der Waals surface area contributed by atoms with E-state index in [2.05, 4.69) is 52.5 Å². The molecule has 42 heavy (non-hydrogen) atoms. The predicted octanol–water partition coefficient (Wildman–Crippen LogP) is 7.59. The molecule has 5 rings (SSSR count). The Bertz CT molecular complexity index is 1670. The van der Waals surface area contributed by atoms with E-state index in [1.807, 2.05) is 63.2 Å². The maximum absolute atomic E-state index is 14.0. The van der Waals surface area contributed by atoms with Gasteiger partial charge in [-0.2, -0.15) is 4.98 Å². The SMILES string of the molecule is CCSc1nc2n(n1)C(c1cc(Br)c(OCc3ccc(C)cc3)c(OC)c1)C(C(=O)Nc1cccc(C)c1C)=C(C)N2. The van der Waals surface area contributed by atoms with Gasteiger partial charge in [0.1, 0.15) is 12.6 Å². The molecule has 218 valence electrons. The van der Waals surface area contributed by atoms with Gasteiger partial charge in [-0.05, 0) is 89.8 Å². The predicted molar refractivity (Wildman–Crippen MR) is 172 cm³/mol. The van der Waals surface area contributed by atoms with Crippen LogP contribution >= 0.6 is 27.7 Å². The fourth-order valence-corrected chi connectivity index (χ4v) is 6.01. The molecule has 1 aliphatic heterocycles. The third kappa shape index (κ3) is 6.05. The zero-order chi connectivity index (χ0) is 30.0. The highest BCUT2D eigenvalue weighted by Gasteiger charge is 2.35. The smallest absolute Gasteiger partial charge is 0.255 e. The van der Waals surface area contributed by atoms with E-state index in [1.165, 1.54) is 5.56 Å². The van der Waals surface area contributed by atoms with Crippen molar-refractivity contribution in [1.82, 2.24) is 14.8 Å². The van der Waals surface area contributed by atoms with Crippen molar-refractivity contribution in [1.29, 1.82) is 0 Å². The summed E-state index contributed by atoms with van der Waals surface area (Å²) in [7, 11) is 1.61. The second-order valence-corrected chi connectivity index (χ2v) is 12.3. The first-order valence-electron chi connectivity index (χ1n) is 13.7. The highest BCUT2D eigenvalue weighted by molar-refractivity contribution is 9.10. The molecule has 0 saturated heterocycles. The van der Waals surface area contributed by atoms with Gasteiger partial charge in [-0.3, -0.25) is 4.79 Å². The van der Waals surface area contributed by atoms with Gasteiger partial charge < -0.3 is 20.1 Å². The summed E-state index contributed by atoms with van der Waals surface area (Å²) in [5.74, 6) is 2.30. The maximum atomic E-state index is 14.0. The van der Waals surface area contributed by atoms with Crippen molar-refractivity contribution in [3.05, 3.63) is 98.2 Å². The molecule has 1 atom stereocenters. The van der Waals surface area contributed by atoms with Gasteiger partial charge in [-0.15, -0.1) is 5.10 Å². The average molecular weight is 649 g/mol. The first-order valence-corrected chi connectivity index (χ1v) is 15.5. The number of ether oxygens (including phenoxy) is 2. The minimum absolute atomic E-state index is 0.223. The van der Waals surface area contributed by atoms with Crippen molar-refractivity contribution in [3.8, 4) is 11.5 Å². The van der Waals surface area contributed by atoms with Crippen LogP contribution in [0.25, 0.3) is 0 Å². The lowest BCUT2D eigenvalue weighted by Gasteiger charge is -2.29. The van der Waals surface area contributed by atoms with Crippen LogP contribution in [0.2, 0.25) is 0 Å². The average Bonchev–Trinajstić information content (AvgIpc) is 3.36. The number of carbonyl (C=O) groups excluding carboxylic acids is 1. The summed E-state index contributed by atoms with van der Waals surface area (Å²) in [6.45, 7) is 10.4. The van der Waals surface area contributed by atoms with Gasteiger partial charge in [0.15, 0.2) is 11.5 Å². The molecular weight excluding hydrogens is 614 g/mol. The standard InChI is InChI=1S/C32H34BrN5O3S/c1-7-42-32-36-31-34-21(5)27(30(39)35-25-10-8-9-19(3)20(25)4)28(38(31)37-32)23-15-24(33)29(26(16-23)40-6)41-17-22-13-11-18(2)12-14-22/h8-16,28H,7,17H2,1-6H3,(H,35,39)(H,34,36,37). The molecule has 0 bridgehead atoms. The first-order chi connectivity index (χ1) is 20.2. The van der Waals surface area contributed by atoms with E-state index in [4.69, 9.17) is 19.6 Å². The van der Waals surface area contributed by atoms with Crippen molar-refractivity contribution in [2.75, 3.05) is 23.5 Å². The molecule has 8 nitrogen and oxygen atoms in total. The summed E-state index contributed by atoms with van der Waals surface area (Å²) in [4.78, 5) is 18.7. The second kappa shape index (κ2) is 12.6. The van der Waals surface area contributed by atoms with Crippen LogP contribution < -0.4 is 20.1 Å². The summed E-state index contributed by atoms with van der Waals surface area (Å²) >= 11 is 5.26. The molecular formula is C32H34BrN5O3S. The molecule has 0 aliphatic carbocycles. The molecule has 4 aromatic rings. The largest absolute Gasteiger partial charge is 0.493 e. The van der Waals surface area contributed by atoms with Gasteiger partial charge >= 0.3 is 0 Å². The highest BCUT2D eigenvalue weighted by Crippen LogP contribution is 2.43. The van der Waals surface area contributed by atoms with Gasteiger partial charge in [-0.25, -0.2) is 4.68 Å². The molecule has 2 heterocycles. The number of thioether (sulfide) groups is 1. The van der Waals surface area contributed by atoms with Crippen LogP contribution in [0.1, 0.15) is 47.7 Å². The molecule has 1 amide bonds. The molecule has 2 N–H and O–H groups in total. The molecule has 0 saturated carbocycles. The lowest BCUT2D eigenvalue weighted by atomic mass is 9.94. The molecule has 1 aromatic heterocycles. The van der Waals surface area contributed by atoms with Gasteiger partial charge in [0.05, 0.1) is 17.2 Å². The van der Waals surface area contributed by atoms with E-state index in [1.54, 1.807) is 23.6 Å². The Morgan fingerprint density at radius 3 is 2.60 bits per heavy atom. The maximum Gasteiger partial charge on any atom is 0.255 e. The number of fused-ring (bicyclic) bond motifs is 1. The van der Waals surface area contributed by atoms with E-state index in [0.717, 1.165) is 33.7 Å². The fourth-order valence-electron chi connectivity index (χ4n) is 4.88. The number of methoxy groups -OCH3 is 1. The Labute approximate surface area is 259 Å². The quantitative estimate of drug-likeness (QED) is 0.181. The number of hydrogen-bond donors (Lipinski definition) is 2. The third-order valence-electron chi connectivity index (χ3n) is 7.28. The molecule has 1 unspecified atom stereocenters. The van der Waals surface area contributed by atoms with Crippen molar-refractivity contribution in [2.45, 2.75) is 52.4 Å². The molecule has 0 spiro atoms. The van der Waals surface area contributed by atoms with Crippen LogP contribution in [-0.2, 0) is 11.4 Å². The van der Waals surface area contributed by atoms with E-state index >= 15 is 0 Å². The van der Waals surface area contributed by atoms with Crippen LogP contribution in [0.5, 0.6) is 11.5 Å². The van der Waals surface area contributed by atoms with Gasteiger partial charge in [-0.1, -0.05) is 60.6 Å². The monoisotopic (exact) mass is 647 g/mol. The van der Waals surface area contributed by atoms with Crippen molar-refractivity contribution in [2.24, 2.45) is 0 Å². The number of nitrogens with one attached hydrogen (secondary N) is 2. The summed E-state index contributed by atoms with van der Waals surface area (Å²) in [5, 5.41) is 11.9. The van der Waals surface area contributed by atoms with Crippen molar-refractivity contribution >= 4 is 45.2 Å². The number of aromatic nitrogens is 3. The topological polar surface area (TPSA) is 90.3 Å². The summed E-state index contributed by atoms with van der Waals surface area (Å²) in [5.41, 5.74) is 7.16. The van der Waals surface area contributed by atoms with Crippen LogP contribution in [-0.4, -0.2) is 33.5 Å². The number of amides is 1. The Morgan fingerprint density at radius 1 is 1.12 bits per heavy atom. The summed E-state index contributed by atoms with van der Waals surface area (Å²) in [6, 6.07) is 17.4. The number of aryl methyl sites for hydroxylation is 2. The molecule has 3 aromatic carbocycles. The minimum atomic E-state index is -0.568. The number of carbonyl (C=O) groups is 1. The Morgan fingerprint density at radius 2 is 1.88 bits per heavy atom. The summed E-state index contributed by atoms with van der Waals surface area (Å²) < 4.78 is 14.5. The van der Waals surface area contributed by atoms with E-state index in [9.17, 15) is 4.79 Å².